The Morgan fingerprint density at radius 2 is 2.14 bits per heavy atom. The molecule has 0 bridgehead atoms. The van der Waals surface area contributed by atoms with Gasteiger partial charge in [0, 0.05) is 18.1 Å². The number of hydrogen-bond acceptors (Lipinski definition) is 3. The molecule has 0 unspecified atom stereocenters. The molecule has 1 N–H and O–H groups in total. The summed E-state index contributed by atoms with van der Waals surface area (Å²) >= 11 is 5.89. The van der Waals surface area contributed by atoms with Gasteiger partial charge in [-0.05, 0) is 57.0 Å². The van der Waals surface area contributed by atoms with E-state index < -0.39 is 0 Å². The second-order valence-electron chi connectivity index (χ2n) is 5.46. The zero-order valence-electron chi connectivity index (χ0n) is 12.9. The molecule has 4 nitrogen and oxygen atoms in total. The van der Waals surface area contributed by atoms with E-state index in [1.165, 1.54) is 6.42 Å². The van der Waals surface area contributed by atoms with Crippen LogP contribution >= 0.6 is 24.0 Å². The smallest absolute Gasteiger partial charge is 0.260 e. The summed E-state index contributed by atoms with van der Waals surface area (Å²) in [5.74, 6) is 1.43. The van der Waals surface area contributed by atoms with Crippen molar-refractivity contribution in [3.8, 4) is 5.75 Å². The Bertz CT molecular complexity index is 463. The van der Waals surface area contributed by atoms with Gasteiger partial charge >= 0.3 is 0 Å². The SMILES string of the molecule is CNCCC1CCN(C(=O)COc2cccc(Cl)c2)CC1.Cl. The Balaban J connectivity index is 0.00000242. The van der Waals surface area contributed by atoms with Crippen molar-refractivity contribution in [1.82, 2.24) is 10.2 Å². The highest BCUT2D eigenvalue weighted by atomic mass is 35.5. The van der Waals surface area contributed by atoms with Crippen molar-refractivity contribution in [3.05, 3.63) is 29.3 Å². The van der Waals surface area contributed by atoms with Crippen LogP contribution in [0.25, 0.3) is 0 Å². The Morgan fingerprint density at radius 3 is 2.77 bits per heavy atom. The Morgan fingerprint density at radius 1 is 1.41 bits per heavy atom. The van der Waals surface area contributed by atoms with Gasteiger partial charge in [0.05, 0.1) is 0 Å². The summed E-state index contributed by atoms with van der Waals surface area (Å²) in [6, 6.07) is 7.13. The molecule has 1 heterocycles. The van der Waals surface area contributed by atoms with Crippen LogP contribution in [-0.2, 0) is 4.79 Å². The van der Waals surface area contributed by atoms with Crippen LogP contribution in [0, 0.1) is 5.92 Å². The lowest BCUT2D eigenvalue weighted by Gasteiger charge is -2.32. The van der Waals surface area contributed by atoms with Crippen LogP contribution in [0.4, 0.5) is 0 Å². The maximum atomic E-state index is 12.1. The number of nitrogens with zero attached hydrogens (tertiary/aromatic N) is 1. The standard InChI is InChI=1S/C16H23ClN2O2.ClH/c1-18-8-5-13-6-9-19(10-7-13)16(20)12-21-15-4-2-3-14(17)11-15;/h2-4,11,13,18H,5-10,12H2,1H3;1H. The number of benzene rings is 1. The second-order valence-corrected chi connectivity index (χ2v) is 5.90. The summed E-state index contributed by atoms with van der Waals surface area (Å²) in [6.07, 6.45) is 3.37. The summed E-state index contributed by atoms with van der Waals surface area (Å²) in [7, 11) is 1.98. The molecule has 22 heavy (non-hydrogen) atoms. The number of nitrogens with one attached hydrogen (secondary N) is 1. The minimum Gasteiger partial charge on any atom is -0.484 e. The molecule has 124 valence electrons. The molecule has 1 aliphatic heterocycles. The van der Waals surface area contributed by atoms with Crippen LogP contribution in [0.2, 0.25) is 5.02 Å². The highest BCUT2D eigenvalue weighted by Gasteiger charge is 2.22. The topological polar surface area (TPSA) is 41.6 Å². The molecule has 0 atom stereocenters. The van der Waals surface area contributed by atoms with E-state index in [0.717, 1.165) is 38.4 Å². The normalized spacial score (nSPS) is 15.3. The summed E-state index contributed by atoms with van der Waals surface area (Å²) in [6.45, 7) is 2.82. The number of amides is 1. The van der Waals surface area contributed by atoms with E-state index in [1.807, 2.05) is 24.1 Å². The highest BCUT2D eigenvalue weighted by Crippen LogP contribution is 2.21. The number of carbonyl (C=O) groups is 1. The van der Waals surface area contributed by atoms with Crippen LogP contribution < -0.4 is 10.1 Å². The van der Waals surface area contributed by atoms with Gasteiger partial charge in [0.1, 0.15) is 5.75 Å². The highest BCUT2D eigenvalue weighted by molar-refractivity contribution is 6.30. The van der Waals surface area contributed by atoms with Gasteiger partial charge in [0.25, 0.3) is 5.91 Å². The first-order chi connectivity index (χ1) is 10.2. The maximum absolute atomic E-state index is 12.1. The van der Waals surface area contributed by atoms with Gasteiger partial charge in [-0.1, -0.05) is 17.7 Å². The molecule has 6 heteroatoms. The fraction of sp³-hybridized carbons (Fsp3) is 0.562. The first-order valence-electron chi connectivity index (χ1n) is 7.50. The molecular weight excluding hydrogens is 323 g/mol. The minimum absolute atomic E-state index is 0. The predicted molar refractivity (Wildman–Crippen MR) is 92.0 cm³/mol. The monoisotopic (exact) mass is 346 g/mol. The van der Waals surface area contributed by atoms with Crippen molar-refractivity contribution in [3.63, 3.8) is 0 Å². The van der Waals surface area contributed by atoms with E-state index in [9.17, 15) is 4.79 Å². The summed E-state index contributed by atoms with van der Waals surface area (Å²) in [4.78, 5) is 14.0. The molecule has 2 rings (SSSR count). The van der Waals surface area contributed by atoms with Crippen molar-refractivity contribution in [1.29, 1.82) is 0 Å². The lowest BCUT2D eigenvalue weighted by molar-refractivity contribution is -0.134. The number of piperidine rings is 1. The zero-order valence-corrected chi connectivity index (χ0v) is 14.5. The summed E-state index contributed by atoms with van der Waals surface area (Å²) in [5.41, 5.74) is 0. The quantitative estimate of drug-likeness (QED) is 0.860. The van der Waals surface area contributed by atoms with E-state index >= 15 is 0 Å². The minimum atomic E-state index is 0. The lowest BCUT2D eigenvalue weighted by Crippen LogP contribution is -2.41. The first kappa shape index (κ1) is 19.1. The average Bonchev–Trinajstić information content (AvgIpc) is 2.51. The Hall–Kier alpha value is -0.970. The van der Waals surface area contributed by atoms with E-state index in [4.69, 9.17) is 16.3 Å². The van der Waals surface area contributed by atoms with Crippen LogP contribution in [-0.4, -0.2) is 44.1 Å². The van der Waals surface area contributed by atoms with Gasteiger partial charge in [0.15, 0.2) is 6.61 Å². The zero-order chi connectivity index (χ0) is 15.1. The van der Waals surface area contributed by atoms with Crippen LogP contribution in [0.3, 0.4) is 0 Å². The molecule has 1 fully saturated rings. The lowest BCUT2D eigenvalue weighted by atomic mass is 9.93. The molecule has 1 aromatic rings. The van der Waals surface area contributed by atoms with Gasteiger partial charge in [-0.15, -0.1) is 12.4 Å². The number of ether oxygens (including phenoxy) is 1. The van der Waals surface area contributed by atoms with E-state index in [1.54, 1.807) is 12.1 Å². The van der Waals surface area contributed by atoms with Crippen LogP contribution in [0.15, 0.2) is 24.3 Å². The number of likely N-dealkylation sites (tertiary alicyclic amines) is 1. The summed E-state index contributed by atoms with van der Waals surface area (Å²) < 4.78 is 5.51. The van der Waals surface area contributed by atoms with Crippen molar-refractivity contribution in [2.45, 2.75) is 19.3 Å². The van der Waals surface area contributed by atoms with Crippen molar-refractivity contribution in [2.75, 3.05) is 33.3 Å². The molecule has 0 aliphatic carbocycles. The maximum Gasteiger partial charge on any atom is 0.260 e. The second kappa shape index (κ2) is 9.93. The largest absolute Gasteiger partial charge is 0.484 e. The van der Waals surface area contributed by atoms with E-state index in [2.05, 4.69) is 5.32 Å². The molecule has 1 saturated heterocycles. The first-order valence-corrected chi connectivity index (χ1v) is 7.87. The third kappa shape index (κ3) is 6.03. The van der Waals surface area contributed by atoms with E-state index in [0.29, 0.717) is 10.8 Å². The molecule has 1 amide bonds. The molecular formula is C16H24Cl2N2O2. The van der Waals surface area contributed by atoms with Gasteiger partial charge in [0.2, 0.25) is 0 Å². The van der Waals surface area contributed by atoms with Crippen LogP contribution in [0.1, 0.15) is 19.3 Å². The van der Waals surface area contributed by atoms with Crippen LogP contribution in [0.5, 0.6) is 5.75 Å². The van der Waals surface area contributed by atoms with Crippen molar-refractivity contribution in [2.24, 2.45) is 5.92 Å². The number of halogens is 2. The van der Waals surface area contributed by atoms with E-state index in [-0.39, 0.29) is 24.9 Å². The van der Waals surface area contributed by atoms with Crippen molar-refractivity contribution >= 4 is 29.9 Å². The van der Waals surface area contributed by atoms with Gasteiger partial charge in [-0.2, -0.15) is 0 Å². The Kier molecular flexibility index (Phi) is 8.61. The van der Waals surface area contributed by atoms with Gasteiger partial charge < -0.3 is 15.0 Å². The van der Waals surface area contributed by atoms with Crippen molar-refractivity contribution < 1.29 is 9.53 Å². The Labute approximate surface area is 143 Å². The fourth-order valence-electron chi connectivity index (χ4n) is 2.61. The predicted octanol–water partition coefficient (Wildman–Crippen LogP) is 2.99. The molecule has 1 aliphatic rings. The third-order valence-corrected chi connectivity index (χ3v) is 4.16. The summed E-state index contributed by atoms with van der Waals surface area (Å²) in [5, 5.41) is 3.80. The average molecular weight is 347 g/mol. The molecule has 0 radical (unpaired) electrons. The number of rotatable bonds is 6. The fourth-order valence-corrected chi connectivity index (χ4v) is 2.79. The number of carbonyl (C=O) groups excluding carboxylic acids is 1. The number of hydrogen-bond donors (Lipinski definition) is 1. The molecule has 0 spiro atoms. The third-order valence-electron chi connectivity index (χ3n) is 3.93. The van der Waals surface area contributed by atoms with Gasteiger partial charge in [-0.3, -0.25) is 4.79 Å². The van der Waals surface area contributed by atoms with Gasteiger partial charge in [-0.25, -0.2) is 0 Å². The molecule has 1 aromatic carbocycles. The molecule has 0 saturated carbocycles. The molecule has 0 aromatic heterocycles.